The summed E-state index contributed by atoms with van der Waals surface area (Å²) in [6, 6.07) is -0.517. The number of amides is 2. The molecule has 0 spiro atoms. The van der Waals surface area contributed by atoms with Gasteiger partial charge in [0.25, 0.3) is 0 Å². The molecule has 0 radical (unpaired) electrons. The lowest BCUT2D eigenvalue weighted by Gasteiger charge is -2.32. The smallest absolute Gasteiger partial charge is 0.245 e. The lowest BCUT2D eigenvalue weighted by atomic mass is 9.86. The van der Waals surface area contributed by atoms with Crippen LogP contribution in [0.1, 0.15) is 33.6 Å². The normalized spacial score (nSPS) is 22.4. The lowest BCUT2D eigenvalue weighted by molar-refractivity contribution is -0.136. The number of nitrogens with zero attached hydrogens (tertiary/aromatic N) is 1. The molecule has 1 N–H and O–H groups in total. The van der Waals surface area contributed by atoms with Gasteiger partial charge in [-0.05, 0) is 11.8 Å². The first-order valence-corrected chi connectivity index (χ1v) is 6.00. The van der Waals surface area contributed by atoms with Crippen molar-refractivity contribution in [3.8, 4) is 0 Å². The minimum atomic E-state index is -0.517. The Kier molecular flexibility index (Phi) is 4.48. The van der Waals surface area contributed by atoms with Crippen molar-refractivity contribution in [3.63, 3.8) is 0 Å². The molecule has 1 aliphatic heterocycles. The Morgan fingerprint density at radius 2 is 2.06 bits per heavy atom. The van der Waals surface area contributed by atoms with Gasteiger partial charge in [-0.25, -0.2) is 0 Å². The standard InChI is InChI=1S/C12H21FN2O2/c1-12(2,3)10-11(17)15(7-4-6-13)8-5-9(16)14-10/h10H,4-8H2,1-3H3,(H,14,16). The molecule has 1 rings (SSSR count). The summed E-state index contributed by atoms with van der Waals surface area (Å²) in [5.74, 6) is -0.210. The molecule has 1 atom stereocenters. The summed E-state index contributed by atoms with van der Waals surface area (Å²) in [4.78, 5) is 25.4. The summed E-state index contributed by atoms with van der Waals surface area (Å²) < 4.78 is 12.2. The third-order valence-electron chi connectivity index (χ3n) is 2.90. The number of rotatable bonds is 3. The third-order valence-corrected chi connectivity index (χ3v) is 2.90. The minimum Gasteiger partial charge on any atom is -0.344 e. The molecular formula is C12H21FN2O2. The van der Waals surface area contributed by atoms with Gasteiger partial charge in [-0.1, -0.05) is 20.8 Å². The van der Waals surface area contributed by atoms with Crippen molar-refractivity contribution < 1.29 is 14.0 Å². The van der Waals surface area contributed by atoms with Gasteiger partial charge in [-0.2, -0.15) is 0 Å². The first-order chi connectivity index (χ1) is 7.86. The highest BCUT2D eigenvalue weighted by Gasteiger charge is 2.37. The molecule has 0 aromatic heterocycles. The van der Waals surface area contributed by atoms with E-state index in [9.17, 15) is 14.0 Å². The fourth-order valence-electron chi connectivity index (χ4n) is 1.88. The fourth-order valence-corrected chi connectivity index (χ4v) is 1.88. The van der Waals surface area contributed by atoms with Gasteiger partial charge in [-0.3, -0.25) is 14.0 Å². The van der Waals surface area contributed by atoms with Gasteiger partial charge in [0.2, 0.25) is 11.8 Å². The van der Waals surface area contributed by atoms with Crippen molar-refractivity contribution in [3.05, 3.63) is 0 Å². The topological polar surface area (TPSA) is 49.4 Å². The van der Waals surface area contributed by atoms with Gasteiger partial charge in [-0.15, -0.1) is 0 Å². The second-order valence-corrected chi connectivity index (χ2v) is 5.48. The molecule has 17 heavy (non-hydrogen) atoms. The van der Waals surface area contributed by atoms with E-state index < -0.39 is 12.7 Å². The van der Waals surface area contributed by atoms with Crippen LogP contribution >= 0.6 is 0 Å². The summed E-state index contributed by atoms with van der Waals surface area (Å²) in [5.41, 5.74) is -0.328. The molecule has 4 nitrogen and oxygen atoms in total. The number of carbonyl (C=O) groups is 2. The Labute approximate surface area is 102 Å². The van der Waals surface area contributed by atoms with Crippen molar-refractivity contribution in [1.29, 1.82) is 0 Å². The highest BCUT2D eigenvalue weighted by atomic mass is 19.1. The first-order valence-electron chi connectivity index (χ1n) is 6.00. The number of halogens is 1. The maximum Gasteiger partial charge on any atom is 0.245 e. The van der Waals surface area contributed by atoms with E-state index in [2.05, 4.69) is 5.32 Å². The summed E-state index contributed by atoms with van der Waals surface area (Å²) in [6.07, 6.45) is 0.626. The van der Waals surface area contributed by atoms with Crippen LogP contribution in [0.25, 0.3) is 0 Å². The molecule has 1 aliphatic rings. The largest absolute Gasteiger partial charge is 0.344 e. The molecule has 1 unspecified atom stereocenters. The summed E-state index contributed by atoms with van der Waals surface area (Å²) in [5, 5.41) is 2.75. The highest BCUT2D eigenvalue weighted by molar-refractivity contribution is 5.90. The van der Waals surface area contributed by atoms with Crippen LogP contribution in [0, 0.1) is 5.41 Å². The quantitative estimate of drug-likeness (QED) is 0.808. The first kappa shape index (κ1) is 13.9. The molecule has 0 aromatic carbocycles. The fraction of sp³-hybridized carbons (Fsp3) is 0.833. The van der Waals surface area contributed by atoms with Crippen molar-refractivity contribution in [2.45, 2.75) is 39.7 Å². The molecule has 2 amide bonds. The van der Waals surface area contributed by atoms with E-state index in [1.807, 2.05) is 20.8 Å². The van der Waals surface area contributed by atoms with E-state index in [0.29, 0.717) is 25.9 Å². The molecule has 98 valence electrons. The van der Waals surface area contributed by atoms with Crippen molar-refractivity contribution in [2.75, 3.05) is 19.8 Å². The Morgan fingerprint density at radius 1 is 1.41 bits per heavy atom. The lowest BCUT2D eigenvalue weighted by Crippen LogP contribution is -2.52. The predicted octanol–water partition coefficient (Wildman–Crippen LogP) is 1.11. The zero-order valence-electron chi connectivity index (χ0n) is 10.8. The molecule has 0 saturated carbocycles. The molecule has 0 bridgehead atoms. The second-order valence-electron chi connectivity index (χ2n) is 5.48. The minimum absolute atomic E-state index is 0.100. The molecule has 1 heterocycles. The maximum atomic E-state index is 12.2. The second kappa shape index (κ2) is 5.47. The van der Waals surface area contributed by atoms with Crippen LogP contribution in [0.3, 0.4) is 0 Å². The van der Waals surface area contributed by atoms with E-state index in [1.165, 1.54) is 0 Å². The van der Waals surface area contributed by atoms with Gasteiger partial charge in [0.15, 0.2) is 0 Å². The van der Waals surface area contributed by atoms with Crippen LogP contribution in [0.15, 0.2) is 0 Å². The zero-order chi connectivity index (χ0) is 13.1. The number of nitrogens with one attached hydrogen (secondary N) is 1. The van der Waals surface area contributed by atoms with Crippen LogP contribution in [0.2, 0.25) is 0 Å². The van der Waals surface area contributed by atoms with Gasteiger partial charge < -0.3 is 10.2 Å². The average Bonchev–Trinajstić information content (AvgIpc) is 2.36. The SMILES string of the molecule is CC(C)(C)C1NC(=O)CCN(CCCF)C1=O. The number of carbonyl (C=O) groups excluding carboxylic acids is 2. The number of alkyl halides is 1. The van der Waals surface area contributed by atoms with Gasteiger partial charge >= 0.3 is 0 Å². The van der Waals surface area contributed by atoms with Crippen molar-refractivity contribution >= 4 is 11.8 Å². The van der Waals surface area contributed by atoms with E-state index >= 15 is 0 Å². The molecule has 5 heteroatoms. The average molecular weight is 244 g/mol. The Hall–Kier alpha value is -1.13. The highest BCUT2D eigenvalue weighted by Crippen LogP contribution is 2.23. The number of hydrogen-bond acceptors (Lipinski definition) is 2. The van der Waals surface area contributed by atoms with E-state index in [0.717, 1.165) is 0 Å². The van der Waals surface area contributed by atoms with Crippen LogP contribution in [-0.2, 0) is 9.59 Å². The summed E-state index contributed by atoms with van der Waals surface area (Å²) >= 11 is 0. The van der Waals surface area contributed by atoms with Gasteiger partial charge in [0.05, 0.1) is 6.67 Å². The Morgan fingerprint density at radius 3 is 2.59 bits per heavy atom. The van der Waals surface area contributed by atoms with Crippen molar-refractivity contribution in [2.24, 2.45) is 5.41 Å². The number of hydrogen-bond donors (Lipinski definition) is 1. The van der Waals surface area contributed by atoms with E-state index in [-0.39, 0.29) is 17.2 Å². The Bertz CT molecular complexity index is 299. The van der Waals surface area contributed by atoms with Gasteiger partial charge in [0.1, 0.15) is 6.04 Å². The summed E-state index contributed by atoms with van der Waals surface area (Å²) in [6.45, 7) is 6.07. The summed E-state index contributed by atoms with van der Waals surface area (Å²) in [7, 11) is 0. The van der Waals surface area contributed by atoms with Crippen LogP contribution in [-0.4, -0.2) is 42.5 Å². The molecular weight excluding hydrogens is 223 g/mol. The zero-order valence-corrected chi connectivity index (χ0v) is 10.8. The van der Waals surface area contributed by atoms with Crippen molar-refractivity contribution in [1.82, 2.24) is 10.2 Å². The van der Waals surface area contributed by atoms with Crippen LogP contribution < -0.4 is 5.32 Å². The van der Waals surface area contributed by atoms with E-state index in [1.54, 1.807) is 4.90 Å². The third kappa shape index (κ3) is 3.68. The monoisotopic (exact) mass is 244 g/mol. The molecule has 1 fully saturated rings. The van der Waals surface area contributed by atoms with Crippen LogP contribution in [0.4, 0.5) is 4.39 Å². The molecule has 0 aromatic rings. The molecule has 1 saturated heterocycles. The predicted molar refractivity (Wildman–Crippen MR) is 63.2 cm³/mol. The van der Waals surface area contributed by atoms with E-state index in [4.69, 9.17) is 0 Å². The van der Waals surface area contributed by atoms with Crippen LogP contribution in [0.5, 0.6) is 0 Å². The van der Waals surface area contributed by atoms with Gasteiger partial charge in [0, 0.05) is 19.5 Å². The maximum absolute atomic E-state index is 12.2. The Balaban J connectivity index is 2.82. The molecule has 0 aliphatic carbocycles.